The van der Waals surface area contributed by atoms with Crippen molar-refractivity contribution < 1.29 is 4.79 Å². The molecule has 4 aromatic rings. The second kappa shape index (κ2) is 9.62. The SMILES string of the molecule is CCn1c(SC(C(=O)Nc2ccc(C)cc2)c2ccccc2)nnc1-c1ccccc1. The molecule has 1 heterocycles. The number of anilines is 1. The first-order chi connectivity index (χ1) is 15.2. The summed E-state index contributed by atoms with van der Waals surface area (Å²) in [5, 5.41) is 12.1. The van der Waals surface area contributed by atoms with Crippen LogP contribution in [0.3, 0.4) is 0 Å². The van der Waals surface area contributed by atoms with E-state index < -0.39 is 5.25 Å². The molecule has 0 radical (unpaired) electrons. The molecule has 0 aliphatic carbocycles. The van der Waals surface area contributed by atoms with E-state index >= 15 is 0 Å². The average molecular weight is 429 g/mol. The van der Waals surface area contributed by atoms with Crippen LogP contribution in [0.4, 0.5) is 5.69 Å². The minimum Gasteiger partial charge on any atom is -0.325 e. The zero-order valence-electron chi connectivity index (χ0n) is 17.5. The Labute approximate surface area is 186 Å². The molecule has 156 valence electrons. The molecule has 0 fully saturated rings. The van der Waals surface area contributed by atoms with Gasteiger partial charge in [-0.1, -0.05) is 90.1 Å². The Bertz CT molecular complexity index is 1140. The standard InChI is InChI=1S/C25H24N4OS/c1-3-29-23(20-12-8-5-9-13-20)27-28-25(29)31-22(19-10-6-4-7-11-19)24(30)26-21-16-14-18(2)15-17-21/h4-17,22H,3H2,1-2H3,(H,26,30). The number of aryl methyl sites for hydroxylation is 1. The number of rotatable bonds is 7. The normalized spacial score (nSPS) is 11.8. The number of nitrogens with zero attached hydrogens (tertiary/aromatic N) is 3. The molecule has 31 heavy (non-hydrogen) atoms. The topological polar surface area (TPSA) is 59.8 Å². The van der Waals surface area contributed by atoms with E-state index in [0.29, 0.717) is 11.7 Å². The molecule has 1 atom stereocenters. The third-order valence-electron chi connectivity index (χ3n) is 4.95. The number of carbonyl (C=O) groups is 1. The quantitative estimate of drug-likeness (QED) is 0.381. The highest BCUT2D eigenvalue weighted by molar-refractivity contribution is 8.00. The Hall–Kier alpha value is -3.38. The van der Waals surface area contributed by atoms with Crippen molar-refractivity contribution in [1.82, 2.24) is 14.8 Å². The van der Waals surface area contributed by atoms with Gasteiger partial charge in [-0.25, -0.2) is 0 Å². The molecule has 6 heteroatoms. The Morgan fingerprint density at radius 3 is 2.23 bits per heavy atom. The lowest BCUT2D eigenvalue weighted by Gasteiger charge is -2.17. The second-order valence-corrected chi connectivity index (χ2v) is 8.25. The second-order valence-electron chi connectivity index (χ2n) is 7.18. The summed E-state index contributed by atoms with van der Waals surface area (Å²) in [7, 11) is 0. The fourth-order valence-electron chi connectivity index (χ4n) is 3.31. The fourth-order valence-corrected chi connectivity index (χ4v) is 4.41. The molecule has 0 bridgehead atoms. The zero-order chi connectivity index (χ0) is 21.6. The molecule has 1 unspecified atom stereocenters. The van der Waals surface area contributed by atoms with Crippen molar-refractivity contribution in [3.63, 3.8) is 0 Å². The molecule has 1 amide bonds. The van der Waals surface area contributed by atoms with Crippen molar-refractivity contribution >= 4 is 23.4 Å². The van der Waals surface area contributed by atoms with E-state index in [1.807, 2.05) is 91.9 Å². The van der Waals surface area contributed by atoms with Crippen LogP contribution in [0.15, 0.2) is 90.1 Å². The largest absolute Gasteiger partial charge is 0.325 e. The lowest BCUT2D eigenvalue weighted by molar-refractivity contribution is -0.115. The Morgan fingerprint density at radius 1 is 0.935 bits per heavy atom. The van der Waals surface area contributed by atoms with Gasteiger partial charge in [-0.2, -0.15) is 0 Å². The lowest BCUT2D eigenvalue weighted by Crippen LogP contribution is -2.19. The summed E-state index contributed by atoms with van der Waals surface area (Å²) >= 11 is 1.42. The van der Waals surface area contributed by atoms with Crippen molar-refractivity contribution in [2.45, 2.75) is 30.8 Å². The highest BCUT2D eigenvalue weighted by atomic mass is 32.2. The lowest BCUT2D eigenvalue weighted by atomic mass is 10.1. The van der Waals surface area contributed by atoms with E-state index in [2.05, 4.69) is 27.0 Å². The molecular formula is C25H24N4OS. The van der Waals surface area contributed by atoms with E-state index in [0.717, 1.165) is 28.2 Å². The van der Waals surface area contributed by atoms with Crippen molar-refractivity contribution in [2.24, 2.45) is 0 Å². The maximum absolute atomic E-state index is 13.3. The smallest absolute Gasteiger partial charge is 0.242 e. The molecule has 1 aromatic heterocycles. The van der Waals surface area contributed by atoms with E-state index in [-0.39, 0.29) is 5.91 Å². The Balaban J connectivity index is 1.65. The number of hydrogen-bond acceptors (Lipinski definition) is 4. The summed E-state index contributed by atoms with van der Waals surface area (Å²) < 4.78 is 2.05. The number of aromatic nitrogens is 3. The van der Waals surface area contributed by atoms with Gasteiger partial charge in [-0.05, 0) is 31.5 Å². The van der Waals surface area contributed by atoms with Gasteiger partial charge in [0.05, 0.1) is 0 Å². The fraction of sp³-hybridized carbons (Fsp3) is 0.160. The number of amides is 1. The van der Waals surface area contributed by atoms with Gasteiger partial charge in [0.25, 0.3) is 0 Å². The van der Waals surface area contributed by atoms with Gasteiger partial charge in [0.1, 0.15) is 5.25 Å². The van der Waals surface area contributed by atoms with Crippen molar-refractivity contribution in [3.8, 4) is 11.4 Å². The van der Waals surface area contributed by atoms with Crippen LogP contribution in [0, 0.1) is 6.92 Å². The first-order valence-corrected chi connectivity index (χ1v) is 11.1. The predicted octanol–water partition coefficient (Wildman–Crippen LogP) is 5.75. The van der Waals surface area contributed by atoms with Crippen LogP contribution in [0.25, 0.3) is 11.4 Å². The molecule has 1 N–H and O–H groups in total. The molecule has 5 nitrogen and oxygen atoms in total. The van der Waals surface area contributed by atoms with E-state index in [1.165, 1.54) is 11.8 Å². The van der Waals surface area contributed by atoms with Crippen LogP contribution >= 0.6 is 11.8 Å². The zero-order valence-corrected chi connectivity index (χ0v) is 18.3. The maximum atomic E-state index is 13.3. The molecule has 0 saturated carbocycles. The maximum Gasteiger partial charge on any atom is 0.242 e. The average Bonchev–Trinajstić information content (AvgIpc) is 3.22. The molecule has 0 aliphatic rings. The van der Waals surface area contributed by atoms with E-state index in [4.69, 9.17) is 0 Å². The van der Waals surface area contributed by atoms with Gasteiger partial charge in [0.15, 0.2) is 11.0 Å². The monoisotopic (exact) mass is 428 g/mol. The first kappa shape index (κ1) is 20.9. The van der Waals surface area contributed by atoms with Gasteiger partial charge in [-0.15, -0.1) is 10.2 Å². The van der Waals surface area contributed by atoms with Crippen LogP contribution in [-0.4, -0.2) is 20.7 Å². The number of thioether (sulfide) groups is 1. The van der Waals surface area contributed by atoms with Crippen LogP contribution in [0.5, 0.6) is 0 Å². The van der Waals surface area contributed by atoms with E-state index in [9.17, 15) is 4.79 Å². The highest BCUT2D eigenvalue weighted by Crippen LogP contribution is 2.36. The number of nitrogens with one attached hydrogen (secondary N) is 1. The van der Waals surface area contributed by atoms with Crippen molar-refractivity contribution in [1.29, 1.82) is 0 Å². The van der Waals surface area contributed by atoms with Crippen molar-refractivity contribution in [2.75, 3.05) is 5.32 Å². The Morgan fingerprint density at radius 2 is 1.58 bits per heavy atom. The Kier molecular flexibility index (Phi) is 6.48. The molecule has 4 rings (SSSR count). The number of hydrogen-bond donors (Lipinski definition) is 1. The number of carbonyl (C=O) groups excluding carboxylic acids is 1. The summed E-state index contributed by atoms with van der Waals surface area (Å²) in [6.45, 7) is 4.79. The molecule has 3 aromatic carbocycles. The summed E-state index contributed by atoms with van der Waals surface area (Å²) in [4.78, 5) is 13.3. The minimum atomic E-state index is -0.458. The summed E-state index contributed by atoms with van der Waals surface area (Å²) in [6, 6.07) is 27.6. The van der Waals surface area contributed by atoms with Crippen LogP contribution in [-0.2, 0) is 11.3 Å². The van der Waals surface area contributed by atoms with Crippen molar-refractivity contribution in [3.05, 3.63) is 96.1 Å². The molecule has 0 aliphatic heterocycles. The molecule has 0 saturated heterocycles. The molecule has 0 spiro atoms. The van der Waals surface area contributed by atoms with Gasteiger partial charge in [0.2, 0.25) is 5.91 Å². The minimum absolute atomic E-state index is 0.0908. The van der Waals surface area contributed by atoms with Crippen LogP contribution in [0.1, 0.15) is 23.3 Å². The van der Waals surface area contributed by atoms with Gasteiger partial charge < -0.3 is 9.88 Å². The molecular weight excluding hydrogens is 404 g/mol. The summed E-state index contributed by atoms with van der Waals surface area (Å²) in [5.41, 5.74) is 3.85. The van der Waals surface area contributed by atoms with Crippen LogP contribution < -0.4 is 5.32 Å². The third-order valence-corrected chi connectivity index (χ3v) is 6.18. The van der Waals surface area contributed by atoms with E-state index in [1.54, 1.807) is 0 Å². The van der Waals surface area contributed by atoms with Gasteiger partial charge in [-0.3, -0.25) is 4.79 Å². The summed E-state index contributed by atoms with van der Waals surface area (Å²) in [6.07, 6.45) is 0. The summed E-state index contributed by atoms with van der Waals surface area (Å²) in [5.74, 6) is 0.711. The third kappa shape index (κ3) is 4.86. The first-order valence-electron chi connectivity index (χ1n) is 10.2. The van der Waals surface area contributed by atoms with Gasteiger partial charge in [0, 0.05) is 17.8 Å². The highest BCUT2D eigenvalue weighted by Gasteiger charge is 2.26. The van der Waals surface area contributed by atoms with Gasteiger partial charge >= 0.3 is 0 Å². The van der Waals surface area contributed by atoms with Crippen LogP contribution in [0.2, 0.25) is 0 Å². The predicted molar refractivity (Wildman–Crippen MR) is 126 cm³/mol. The number of benzene rings is 3.